The van der Waals surface area contributed by atoms with E-state index in [2.05, 4.69) is 41.9 Å². The summed E-state index contributed by atoms with van der Waals surface area (Å²) in [7, 11) is 0. The molecule has 25 heavy (non-hydrogen) atoms. The van der Waals surface area contributed by atoms with E-state index in [1.54, 1.807) is 12.5 Å². The second-order valence-electron chi connectivity index (χ2n) is 8.22. The molecule has 5 nitrogen and oxygen atoms in total. The Balaban J connectivity index is 1.35. The molecule has 2 aliphatic heterocycles. The molecule has 4 rings (SSSR count). The SMILES string of the molecule is CC1(C)Cc2cc(CN3CCC(O)(Cn4ccnc4)CC3)ccc2O1. The maximum atomic E-state index is 10.8. The minimum Gasteiger partial charge on any atom is -0.487 e. The number of aliphatic hydroxyl groups is 1. The van der Waals surface area contributed by atoms with Crippen LogP contribution < -0.4 is 4.74 Å². The number of rotatable bonds is 4. The van der Waals surface area contributed by atoms with Gasteiger partial charge in [-0.25, -0.2) is 4.98 Å². The van der Waals surface area contributed by atoms with Gasteiger partial charge in [-0.1, -0.05) is 12.1 Å². The van der Waals surface area contributed by atoms with Crippen LogP contribution in [0.4, 0.5) is 0 Å². The molecule has 1 aromatic carbocycles. The Morgan fingerprint density at radius 1 is 1.24 bits per heavy atom. The van der Waals surface area contributed by atoms with Gasteiger partial charge in [-0.2, -0.15) is 0 Å². The predicted octanol–water partition coefficient (Wildman–Crippen LogP) is 2.62. The summed E-state index contributed by atoms with van der Waals surface area (Å²) in [6.07, 6.45) is 8.02. The van der Waals surface area contributed by atoms with E-state index in [-0.39, 0.29) is 5.60 Å². The highest BCUT2D eigenvalue weighted by Crippen LogP contribution is 2.35. The molecule has 0 atom stereocenters. The number of aromatic nitrogens is 2. The lowest BCUT2D eigenvalue weighted by molar-refractivity contribution is -0.0357. The predicted molar refractivity (Wildman–Crippen MR) is 96.5 cm³/mol. The first-order valence-corrected chi connectivity index (χ1v) is 9.12. The number of hydrogen-bond donors (Lipinski definition) is 1. The molecule has 0 bridgehead atoms. The van der Waals surface area contributed by atoms with Crippen molar-refractivity contribution in [2.45, 2.75) is 57.4 Å². The molecule has 5 heteroatoms. The van der Waals surface area contributed by atoms with E-state index in [4.69, 9.17) is 4.74 Å². The first-order chi connectivity index (χ1) is 11.9. The van der Waals surface area contributed by atoms with E-state index in [1.807, 2.05) is 10.8 Å². The first kappa shape index (κ1) is 16.6. The van der Waals surface area contributed by atoms with Gasteiger partial charge < -0.3 is 14.4 Å². The molecule has 134 valence electrons. The number of likely N-dealkylation sites (tertiary alicyclic amines) is 1. The van der Waals surface area contributed by atoms with Gasteiger partial charge in [0.05, 0.1) is 18.5 Å². The normalized spacial score (nSPS) is 21.7. The van der Waals surface area contributed by atoms with Crippen LogP contribution in [-0.2, 0) is 19.5 Å². The standard InChI is InChI=1S/C20H27N3O2/c1-19(2)12-17-11-16(3-4-18(17)25-19)13-22-8-5-20(24,6-9-22)14-23-10-7-21-15-23/h3-4,7,10-11,15,24H,5-6,8-9,12-14H2,1-2H3. The van der Waals surface area contributed by atoms with E-state index >= 15 is 0 Å². The van der Waals surface area contributed by atoms with Gasteiger partial charge in [0.2, 0.25) is 0 Å². The van der Waals surface area contributed by atoms with Gasteiger partial charge >= 0.3 is 0 Å². The van der Waals surface area contributed by atoms with Crippen LogP contribution in [-0.4, -0.2) is 43.8 Å². The zero-order chi connectivity index (χ0) is 17.5. The number of nitrogens with zero attached hydrogens (tertiary/aromatic N) is 3. The van der Waals surface area contributed by atoms with E-state index < -0.39 is 5.60 Å². The number of ether oxygens (including phenoxy) is 1. The van der Waals surface area contributed by atoms with Crippen molar-refractivity contribution < 1.29 is 9.84 Å². The van der Waals surface area contributed by atoms with Crippen molar-refractivity contribution in [3.63, 3.8) is 0 Å². The van der Waals surface area contributed by atoms with E-state index in [0.29, 0.717) is 6.54 Å². The highest BCUT2D eigenvalue weighted by Gasteiger charge is 2.33. The lowest BCUT2D eigenvalue weighted by Gasteiger charge is -2.38. The first-order valence-electron chi connectivity index (χ1n) is 9.12. The van der Waals surface area contributed by atoms with Crippen LogP contribution in [0.1, 0.15) is 37.8 Å². The van der Waals surface area contributed by atoms with Crippen molar-refractivity contribution in [3.05, 3.63) is 48.0 Å². The Morgan fingerprint density at radius 3 is 2.76 bits per heavy atom. The van der Waals surface area contributed by atoms with Gasteiger partial charge in [0, 0.05) is 38.4 Å². The van der Waals surface area contributed by atoms with Gasteiger partial charge in [-0.05, 0) is 43.9 Å². The number of fused-ring (bicyclic) bond motifs is 1. The Hall–Kier alpha value is -1.85. The Bertz CT molecular complexity index is 731. The van der Waals surface area contributed by atoms with Crippen LogP contribution in [0.2, 0.25) is 0 Å². The summed E-state index contributed by atoms with van der Waals surface area (Å²) in [6, 6.07) is 6.57. The molecule has 0 aliphatic carbocycles. The average molecular weight is 341 g/mol. The summed E-state index contributed by atoms with van der Waals surface area (Å²) < 4.78 is 7.93. The molecule has 1 fully saturated rings. The Labute approximate surface area is 149 Å². The third kappa shape index (κ3) is 3.72. The largest absolute Gasteiger partial charge is 0.487 e. The summed E-state index contributed by atoms with van der Waals surface area (Å²) in [6.45, 7) is 7.69. The molecule has 3 heterocycles. The molecule has 0 saturated carbocycles. The lowest BCUT2D eigenvalue weighted by Crippen LogP contribution is -2.46. The fourth-order valence-electron chi connectivity index (χ4n) is 4.03. The van der Waals surface area contributed by atoms with Crippen molar-refractivity contribution in [3.8, 4) is 5.75 Å². The zero-order valence-electron chi connectivity index (χ0n) is 15.1. The molecule has 1 N–H and O–H groups in total. The third-order valence-corrected chi connectivity index (χ3v) is 5.36. The molecule has 1 saturated heterocycles. The van der Waals surface area contributed by atoms with Crippen LogP contribution >= 0.6 is 0 Å². The lowest BCUT2D eigenvalue weighted by atomic mass is 9.91. The fraction of sp³-hybridized carbons (Fsp3) is 0.550. The summed E-state index contributed by atoms with van der Waals surface area (Å²) in [5.74, 6) is 1.03. The number of benzene rings is 1. The van der Waals surface area contributed by atoms with E-state index in [0.717, 1.165) is 44.6 Å². The zero-order valence-corrected chi connectivity index (χ0v) is 15.1. The van der Waals surface area contributed by atoms with Crippen molar-refractivity contribution in [1.29, 1.82) is 0 Å². The maximum Gasteiger partial charge on any atom is 0.123 e. The van der Waals surface area contributed by atoms with Crippen molar-refractivity contribution in [2.24, 2.45) is 0 Å². The van der Waals surface area contributed by atoms with Gasteiger partial charge in [0.25, 0.3) is 0 Å². The Kier molecular flexibility index (Phi) is 4.08. The van der Waals surface area contributed by atoms with Crippen molar-refractivity contribution in [2.75, 3.05) is 13.1 Å². The highest BCUT2D eigenvalue weighted by atomic mass is 16.5. The van der Waals surface area contributed by atoms with Gasteiger partial charge in [-0.3, -0.25) is 4.90 Å². The molecule has 0 amide bonds. The van der Waals surface area contributed by atoms with Crippen molar-refractivity contribution in [1.82, 2.24) is 14.5 Å². The van der Waals surface area contributed by atoms with E-state index in [1.165, 1.54) is 11.1 Å². The average Bonchev–Trinajstić information content (AvgIpc) is 3.15. The van der Waals surface area contributed by atoms with Gasteiger partial charge in [0.1, 0.15) is 11.4 Å². The quantitative estimate of drug-likeness (QED) is 0.929. The fourth-order valence-corrected chi connectivity index (χ4v) is 4.03. The van der Waals surface area contributed by atoms with Crippen LogP contribution in [0.25, 0.3) is 0 Å². The molecule has 2 aromatic rings. The molecular weight excluding hydrogens is 314 g/mol. The molecule has 0 spiro atoms. The number of imidazole rings is 1. The molecule has 0 unspecified atom stereocenters. The monoisotopic (exact) mass is 341 g/mol. The third-order valence-electron chi connectivity index (χ3n) is 5.36. The molecule has 0 radical (unpaired) electrons. The summed E-state index contributed by atoms with van der Waals surface area (Å²) in [5.41, 5.74) is 1.94. The minimum absolute atomic E-state index is 0.0874. The summed E-state index contributed by atoms with van der Waals surface area (Å²) in [5, 5.41) is 10.8. The van der Waals surface area contributed by atoms with Gasteiger partial charge in [-0.15, -0.1) is 0 Å². The maximum absolute atomic E-state index is 10.8. The smallest absolute Gasteiger partial charge is 0.123 e. The van der Waals surface area contributed by atoms with Crippen LogP contribution in [0.15, 0.2) is 36.9 Å². The van der Waals surface area contributed by atoms with E-state index in [9.17, 15) is 5.11 Å². The highest BCUT2D eigenvalue weighted by molar-refractivity contribution is 5.41. The topological polar surface area (TPSA) is 50.5 Å². The summed E-state index contributed by atoms with van der Waals surface area (Å²) in [4.78, 5) is 6.50. The summed E-state index contributed by atoms with van der Waals surface area (Å²) >= 11 is 0. The Morgan fingerprint density at radius 2 is 2.04 bits per heavy atom. The minimum atomic E-state index is -0.618. The van der Waals surface area contributed by atoms with Crippen molar-refractivity contribution >= 4 is 0 Å². The van der Waals surface area contributed by atoms with Crippen LogP contribution in [0, 0.1) is 0 Å². The molecular formula is C20H27N3O2. The second kappa shape index (κ2) is 6.15. The second-order valence-corrected chi connectivity index (χ2v) is 8.22. The van der Waals surface area contributed by atoms with Gasteiger partial charge in [0.15, 0.2) is 0 Å². The van der Waals surface area contributed by atoms with Crippen LogP contribution in [0.5, 0.6) is 5.75 Å². The van der Waals surface area contributed by atoms with Crippen LogP contribution in [0.3, 0.4) is 0 Å². The molecule has 2 aliphatic rings. The number of hydrogen-bond acceptors (Lipinski definition) is 4. The molecule has 1 aromatic heterocycles. The number of piperidine rings is 1.